The van der Waals surface area contributed by atoms with E-state index in [0.29, 0.717) is 39.6 Å². The number of fused-ring (bicyclic) bond motifs is 3. The third-order valence-electron chi connectivity index (χ3n) is 10.8. The number of carboxylic acids is 1. The van der Waals surface area contributed by atoms with Crippen molar-refractivity contribution in [3.8, 4) is 0 Å². The van der Waals surface area contributed by atoms with Crippen molar-refractivity contribution in [1.29, 1.82) is 0 Å². The highest BCUT2D eigenvalue weighted by Gasteiger charge is 2.50. The molecule has 0 spiro atoms. The maximum Gasteiger partial charge on any atom is 0.501 e. The third kappa shape index (κ3) is 28.2. The van der Waals surface area contributed by atoms with E-state index in [2.05, 4.69) is 5.32 Å². The summed E-state index contributed by atoms with van der Waals surface area (Å²) in [5.74, 6) is -1.08. The number of rotatable bonds is 33. The Hall–Kier alpha value is 0.318. The molecule has 61 heavy (non-hydrogen) atoms. The van der Waals surface area contributed by atoms with Crippen molar-refractivity contribution < 1.29 is 103 Å². The van der Waals surface area contributed by atoms with Crippen molar-refractivity contribution in [1.82, 2.24) is 0 Å². The molecule has 0 aromatic rings. The van der Waals surface area contributed by atoms with Gasteiger partial charge in [0, 0.05) is 126 Å². The molecule has 0 aromatic carbocycles. The van der Waals surface area contributed by atoms with E-state index in [1.165, 1.54) is 61.3 Å². The highest BCUT2D eigenvalue weighted by molar-refractivity contribution is 6.61. The molecule has 3 aliphatic rings. The molecule has 3 saturated heterocycles. The Kier molecular flexibility index (Phi) is 45.2. The molecular weight excluding hydrogens is 906 g/mol. The fourth-order valence-corrected chi connectivity index (χ4v) is 16.0. The van der Waals surface area contributed by atoms with Crippen LogP contribution in [-0.2, 0) is 53.5 Å². The first-order valence-electron chi connectivity index (χ1n) is 22.0. The van der Waals surface area contributed by atoms with E-state index in [1.54, 1.807) is 35.5 Å². The highest BCUT2D eigenvalue weighted by Crippen LogP contribution is 2.30. The summed E-state index contributed by atoms with van der Waals surface area (Å²) in [6.45, 7) is 29.5. The zero-order chi connectivity index (χ0) is 45.1. The molecular formula is C38H91Cl2N3O14Si4. The van der Waals surface area contributed by atoms with Gasteiger partial charge in [-0.05, 0) is 60.9 Å². The second-order valence-electron chi connectivity index (χ2n) is 14.4. The minimum absolute atomic E-state index is 0. The van der Waals surface area contributed by atoms with Crippen LogP contribution in [0.3, 0.4) is 0 Å². The third-order valence-corrected chi connectivity index (χ3v) is 21.8. The van der Waals surface area contributed by atoms with E-state index in [-0.39, 0.29) is 24.8 Å². The smallest absolute Gasteiger partial charge is 0.501 e. The number of quaternary nitrogens is 3. The summed E-state index contributed by atoms with van der Waals surface area (Å²) in [6.07, 6.45) is 4.42. The van der Waals surface area contributed by atoms with Gasteiger partial charge >= 0.3 is 35.7 Å². The summed E-state index contributed by atoms with van der Waals surface area (Å²) in [5.41, 5.74) is 0. The summed E-state index contributed by atoms with van der Waals surface area (Å²) in [4.78, 5) is 8.89. The number of carboxylic acid groups (broad SMARTS) is 1. The van der Waals surface area contributed by atoms with Gasteiger partial charge in [-0.15, -0.1) is 0 Å². The molecule has 3 aliphatic heterocycles. The summed E-state index contributed by atoms with van der Waals surface area (Å²) in [6, 6.07) is 3.79. The quantitative estimate of drug-likeness (QED) is 0.0366. The zero-order valence-corrected chi connectivity index (χ0v) is 46.2. The number of nitrogens with two attached hydrogens (primary N) is 1. The maximum atomic E-state index is 8.89. The van der Waals surface area contributed by atoms with E-state index in [9.17, 15) is 0 Å². The Labute approximate surface area is 389 Å². The van der Waals surface area contributed by atoms with E-state index >= 15 is 0 Å². The van der Waals surface area contributed by atoms with Gasteiger partial charge in [0.25, 0.3) is 0 Å². The van der Waals surface area contributed by atoms with Gasteiger partial charge < -0.3 is 103 Å². The molecule has 3 rings (SSSR count). The first-order valence-corrected chi connectivity index (χ1v) is 29.6. The first kappa shape index (κ1) is 67.9. The molecule has 17 nitrogen and oxygen atoms in total. The molecule has 23 heteroatoms. The summed E-state index contributed by atoms with van der Waals surface area (Å²) in [7, 11) is 0.635. The van der Waals surface area contributed by atoms with Crippen LogP contribution in [0.15, 0.2) is 0 Å². The number of halogens is 2. The molecule has 0 amide bonds. The lowest BCUT2D eigenvalue weighted by Gasteiger charge is -2.56. The van der Waals surface area contributed by atoms with Crippen LogP contribution >= 0.6 is 0 Å². The average Bonchev–Trinajstić information content (AvgIpc) is 3.23. The van der Waals surface area contributed by atoms with Crippen molar-refractivity contribution in [3.05, 3.63) is 0 Å². The van der Waals surface area contributed by atoms with Crippen molar-refractivity contribution >= 4 is 41.7 Å². The van der Waals surface area contributed by atoms with Gasteiger partial charge in [-0.1, -0.05) is 0 Å². The van der Waals surface area contributed by atoms with E-state index in [1.807, 2.05) is 41.5 Å². The number of aliphatic carboxylic acids is 1. The molecule has 0 saturated carbocycles. The lowest BCUT2D eigenvalue weighted by Crippen LogP contribution is -3.00. The molecule has 0 radical (unpaired) electrons. The minimum Gasteiger partial charge on any atom is -1.00 e. The molecule has 3 heterocycles. The number of piperazine rings is 3. The maximum absolute atomic E-state index is 8.89. The molecule has 0 aliphatic carbocycles. The topological polar surface area (TPSA) is 178 Å². The Morgan fingerprint density at radius 3 is 1.10 bits per heavy atom. The Morgan fingerprint density at radius 2 is 0.836 bits per heavy atom. The van der Waals surface area contributed by atoms with Gasteiger partial charge in [0.2, 0.25) is 0 Å². The molecule has 0 atom stereocenters. The van der Waals surface area contributed by atoms with Gasteiger partial charge in [0.05, 0.1) is 26.2 Å². The summed E-state index contributed by atoms with van der Waals surface area (Å²) in [5, 5.41) is 18.2. The van der Waals surface area contributed by atoms with E-state index in [4.69, 9.17) is 63.7 Å². The van der Waals surface area contributed by atoms with Crippen LogP contribution in [0.2, 0.25) is 24.2 Å². The molecule has 0 unspecified atom stereocenters. The zero-order valence-electron chi connectivity index (χ0n) is 40.5. The number of aliphatic hydroxyl groups excluding tert-OH is 1. The van der Waals surface area contributed by atoms with Crippen LogP contribution in [0.4, 0.5) is 0 Å². The second-order valence-corrected chi connectivity index (χ2v) is 25.4. The fraction of sp³-hybridized carbons (Fsp3) is 0.974. The Balaban J connectivity index is -0.000000511. The van der Waals surface area contributed by atoms with Gasteiger partial charge in [-0.2, -0.15) is 0 Å². The molecule has 0 aromatic heterocycles. The van der Waals surface area contributed by atoms with Crippen molar-refractivity contribution in [2.75, 3.05) is 148 Å². The number of carbonyl (C=O) groups excluding carboxylic acids is 1. The van der Waals surface area contributed by atoms with E-state index in [0.717, 1.165) is 77.0 Å². The van der Waals surface area contributed by atoms with Crippen molar-refractivity contribution in [2.45, 2.75) is 98.3 Å². The predicted octanol–water partition coefficient (Wildman–Crippen LogP) is -4.38. The molecule has 2 bridgehead atoms. The lowest BCUT2D eigenvalue weighted by atomic mass is 10.1. The number of hydrogen-bond acceptors (Lipinski definition) is 14. The first-order chi connectivity index (χ1) is 28.3. The number of aliphatic hydroxyl groups is 1. The van der Waals surface area contributed by atoms with E-state index < -0.39 is 41.7 Å². The summed E-state index contributed by atoms with van der Waals surface area (Å²) < 4.78 is 65.7. The molecule has 372 valence electrons. The Bertz CT molecular complexity index is 888. The van der Waals surface area contributed by atoms with Gasteiger partial charge in [-0.3, -0.25) is 0 Å². The van der Waals surface area contributed by atoms with Crippen molar-refractivity contribution in [3.63, 3.8) is 0 Å². The molecule has 3 fully saturated rings. The van der Waals surface area contributed by atoms with Gasteiger partial charge in [0.15, 0.2) is 0 Å². The van der Waals surface area contributed by atoms with Gasteiger partial charge in [-0.25, -0.2) is 0 Å². The number of hydrogen-bond donors (Lipinski definition) is 2. The summed E-state index contributed by atoms with van der Waals surface area (Å²) >= 11 is 0. The van der Waals surface area contributed by atoms with Gasteiger partial charge in [0.1, 0.15) is 39.3 Å². The molecule has 3 N–H and O–H groups in total. The monoisotopic (exact) mass is 995 g/mol. The van der Waals surface area contributed by atoms with Crippen LogP contribution in [0.25, 0.3) is 0 Å². The highest BCUT2D eigenvalue weighted by atomic mass is 35.5. The fourth-order valence-electron chi connectivity index (χ4n) is 7.80. The number of nitrogens with zero attached hydrogens (tertiary/aromatic N) is 2. The lowest BCUT2D eigenvalue weighted by molar-refractivity contribution is -1.08. The predicted molar refractivity (Wildman–Crippen MR) is 237 cm³/mol. The number of carbonyl (C=O) groups is 1. The van der Waals surface area contributed by atoms with Crippen LogP contribution in [0, 0.1) is 0 Å². The van der Waals surface area contributed by atoms with Crippen LogP contribution in [0.1, 0.15) is 74.1 Å². The minimum atomic E-state index is -2.53. The van der Waals surface area contributed by atoms with Crippen LogP contribution < -0.4 is 35.2 Å². The van der Waals surface area contributed by atoms with Crippen molar-refractivity contribution in [2.24, 2.45) is 0 Å². The normalized spacial score (nSPS) is 18.4. The van der Waals surface area contributed by atoms with Crippen LogP contribution in [-0.4, -0.2) is 203 Å². The largest absolute Gasteiger partial charge is 1.00 e. The Morgan fingerprint density at radius 1 is 0.557 bits per heavy atom. The second kappa shape index (κ2) is 40.6. The SMILES string of the molecule is CC(=O)[O-].CCO[Si](CCC[N+]12CC[N+](CCC[Si](OCC)(OCC)OCC)(CC1)CC2)(OCC)OCC.CO.CO[SiH](CCC[NH2+]CCC[Si](OC)(OC)OC)OC.[Cl-].[Cl-]. The standard InChI is InChI=1S/C24H54N2O6Si2.C11H29NO5Si2.C2H4O2.CH4O.2ClH/c1-7-27-33(28-8-2,29-9-3)23-13-15-25-17-20-26(21-18-25,22-19-25)16-14-24-34(30-10-4,31-11-5)32-12-6;1-13-18(14-2)10-6-8-12-9-7-11-19(15-3,16-4)17-5;1-2(3)4;1-2;;/h7-24H2,1-6H3;12,18H,6-11H2,1-5H3;1H3,(H,3,4);2H,1H3;2*1H/q+2;;;;;/p-2. The average molecular weight is 997 g/mol. The van der Waals surface area contributed by atoms with Crippen LogP contribution in [0.5, 0.6) is 0 Å².